The number of nitrogens with one attached hydrogen (secondary N) is 2. The summed E-state index contributed by atoms with van der Waals surface area (Å²) < 4.78 is 26.7. The highest BCUT2D eigenvalue weighted by Gasteiger charge is 2.25. The average Bonchev–Trinajstić information content (AvgIpc) is 2.61. The molecule has 2 rings (SSSR count). The van der Waals surface area contributed by atoms with E-state index >= 15 is 0 Å². The maximum atomic E-state index is 12.6. The third-order valence-electron chi connectivity index (χ3n) is 4.08. The molecule has 1 fully saturated rings. The first kappa shape index (κ1) is 19.8. The summed E-state index contributed by atoms with van der Waals surface area (Å²) in [4.78, 5) is 11.9. The van der Waals surface area contributed by atoms with Crippen molar-refractivity contribution in [1.82, 2.24) is 9.62 Å². The van der Waals surface area contributed by atoms with E-state index < -0.39 is 10.0 Å². The zero-order chi connectivity index (χ0) is 18.3. The van der Waals surface area contributed by atoms with Crippen LogP contribution in [0.4, 0.5) is 5.69 Å². The van der Waals surface area contributed by atoms with Gasteiger partial charge in [0.05, 0.1) is 4.90 Å². The summed E-state index contributed by atoms with van der Waals surface area (Å²) in [5.41, 5.74) is 0.637. The van der Waals surface area contributed by atoms with Crippen LogP contribution in [0.25, 0.3) is 0 Å². The first-order valence-corrected chi connectivity index (χ1v) is 10.5. The number of rotatable bonds is 6. The molecule has 1 aromatic rings. The normalized spacial score (nSPS) is 15.6. The highest BCUT2D eigenvalue weighted by atomic mass is 32.2. The molecule has 0 radical (unpaired) electrons. The minimum absolute atomic E-state index is 0.122. The highest BCUT2D eigenvalue weighted by Crippen LogP contribution is 2.21. The Morgan fingerprint density at radius 3 is 2.40 bits per heavy atom. The number of hydrogen-bond acceptors (Lipinski definition) is 4. The van der Waals surface area contributed by atoms with Crippen LogP contribution >= 0.6 is 12.2 Å². The molecule has 0 saturated carbocycles. The Morgan fingerprint density at radius 2 is 1.80 bits per heavy atom. The largest absolute Gasteiger partial charge is 0.332 e. The molecular weight excluding hydrogens is 358 g/mol. The topological polar surface area (TPSA) is 78.5 Å². The van der Waals surface area contributed by atoms with Gasteiger partial charge >= 0.3 is 0 Å². The van der Waals surface area contributed by atoms with Gasteiger partial charge < -0.3 is 10.6 Å². The van der Waals surface area contributed by atoms with Crippen molar-refractivity contribution < 1.29 is 13.2 Å². The summed E-state index contributed by atoms with van der Waals surface area (Å²) >= 11 is 5.10. The Morgan fingerprint density at radius 1 is 1.16 bits per heavy atom. The first-order valence-electron chi connectivity index (χ1n) is 8.64. The molecule has 138 valence electrons. The summed E-state index contributed by atoms with van der Waals surface area (Å²) in [6.45, 7) is 3.18. The molecule has 1 amide bonds. The maximum Gasteiger partial charge on any atom is 0.243 e. The molecule has 2 N–H and O–H groups in total. The van der Waals surface area contributed by atoms with Gasteiger partial charge in [-0.25, -0.2) is 8.42 Å². The minimum atomic E-state index is -3.43. The zero-order valence-corrected chi connectivity index (χ0v) is 16.1. The lowest BCUT2D eigenvalue weighted by Gasteiger charge is -2.25. The molecule has 1 aliphatic heterocycles. The van der Waals surface area contributed by atoms with Crippen molar-refractivity contribution in [1.29, 1.82) is 0 Å². The van der Waals surface area contributed by atoms with Crippen molar-refractivity contribution in [3.8, 4) is 0 Å². The van der Waals surface area contributed by atoms with Crippen LogP contribution in [0.2, 0.25) is 0 Å². The predicted molar refractivity (Wildman–Crippen MR) is 103 cm³/mol. The summed E-state index contributed by atoms with van der Waals surface area (Å²) in [5.74, 6) is -0.122. The molecule has 25 heavy (non-hydrogen) atoms. The molecule has 1 saturated heterocycles. The average molecular weight is 384 g/mol. The summed E-state index contributed by atoms with van der Waals surface area (Å²) in [6.07, 6.45) is 5.09. The number of piperidine rings is 1. The molecule has 0 spiro atoms. The highest BCUT2D eigenvalue weighted by molar-refractivity contribution is 7.89. The van der Waals surface area contributed by atoms with Crippen molar-refractivity contribution in [3.63, 3.8) is 0 Å². The van der Waals surface area contributed by atoms with Crippen molar-refractivity contribution in [2.75, 3.05) is 18.4 Å². The van der Waals surface area contributed by atoms with Gasteiger partial charge in [-0.3, -0.25) is 4.79 Å². The number of amides is 1. The number of nitrogens with zero attached hydrogens (tertiary/aromatic N) is 1. The Bertz CT molecular complexity index is 696. The molecule has 1 aromatic carbocycles. The van der Waals surface area contributed by atoms with Crippen LogP contribution in [-0.2, 0) is 14.8 Å². The van der Waals surface area contributed by atoms with E-state index in [0.717, 1.165) is 32.1 Å². The van der Waals surface area contributed by atoms with Gasteiger partial charge in [-0.1, -0.05) is 19.8 Å². The molecule has 0 aliphatic carbocycles. The van der Waals surface area contributed by atoms with Gasteiger partial charge in [0.15, 0.2) is 5.11 Å². The van der Waals surface area contributed by atoms with Crippen LogP contribution in [0, 0.1) is 0 Å². The van der Waals surface area contributed by atoms with Gasteiger partial charge in [-0.2, -0.15) is 4.31 Å². The van der Waals surface area contributed by atoms with E-state index in [4.69, 9.17) is 12.2 Å². The van der Waals surface area contributed by atoms with E-state index in [1.165, 1.54) is 4.31 Å². The van der Waals surface area contributed by atoms with Gasteiger partial charge in [0.1, 0.15) is 0 Å². The maximum absolute atomic E-state index is 12.6. The zero-order valence-electron chi connectivity index (χ0n) is 14.5. The van der Waals surface area contributed by atoms with Crippen molar-refractivity contribution in [2.24, 2.45) is 0 Å². The Hall–Kier alpha value is -1.51. The summed E-state index contributed by atoms with van der Waals surface area (Å²) in [5, 5.41) is 5.73. The van der Waals surface area contributed by atoms with Crippen LogP contribution < -0.4 is 10.6 Å². The molecule has 0 bridgehead atoms. The SMILES string of the molecule is CCCCC(=O)NC(=S)Nc1ccc(S(=O)(=O)N2CCCCC2)cc1. The number of sulfonamides is 1. The number of thiocarbonyl (C=S) groups is 1. The van der Waals surface area contributed by atoms with E-state index in [1.807, 2.05) is 6.92 Å². The van der Waals surface area contributed by atoms with Gasteiger partial charge in [-0.15, -0.1) is 0 Å². The van der Waals surface area contributed by atoms with Crippen molar-refractivity contribution >= 4 is 38.9 Å². The van der Waals surface area contributed by atoms with Gasteiger partial charge in [0.25, 0.3) is 0 Å². The van der Waals surface area contributed by atoms with Gasteiger partial charge in [0.2, 0.25) is 15.9 Å². The number of benzene rings is 1. The third-order valence-corrected chi connectivity index (χ3v) is 6.19. The van der Waals surface area contributed by atoms with E-state index in [1.54, 1.807) is 24.3 Å². The molecular formula is C17H25N3O3S2. The lowest BCUT2D eigenvalue weighted by molar-refractivity contribution is -0.119. The van der Waals surface area contributed by atoms with E-state index in [0.29, 0.717) is 25.2 Å². The lowest BCUT2D eigenvalue weighted by Crippen LogP contribution is -2.35. The van der Waals surface area contributed by atoms with Crippen LogP contribution in [0.3, 0.4) is 0 Å². The lowest BCUT2D eigenvalue weighted by atomic mass is 10.2. The second-order valence-corrected chi connectivity index (χ2v) is 8.44. The standard InChI is InChI=1S/C17H25N3O3S2/c1-2-3-7-16(21)19-17(24)18-14-8-10-15(11-9-14)25(22,23)20-12-5-4-6-13-20/h8-11H,2-7,12-13H2,1H3,(H2,18,19,21,24). The fraction of sp³-hybridized carbons (Fsp3) is 0.529. The summed E-state index contributed by atoms with van der Waals surface area (Å²) in [7, 11) is -3.43. The van der Waals surface area contributed by atoms with Crippen molar-refractivity contribution in [3.05, 3.63) is 24.3 Å². The predicted octanol–water partition coefficient (Wildman–Crippen LogP) is 2.86. The Balaban J connectivity index is 1.95. The number of carbonyl (C=O) groups excluding carboxylic acids is 1. The molecule has 0 unspecified atom stereocenters. The second-order valence-electron chi connectivity index (χ2n) is 6.09. The molecule has 0 atom stereocenters. The summed E-state index contributed by atoms with van der Waals surface area (Å²) in [6, 6.07) is 6.43. The number of unbranched alkanes of at least 4 members (excludes halogenated alkanes) is 1. The number of carbonyl (C=O) groups is 1. The minimum Gasteiger partial charge on any atom is -0.332 e. The quantitative estimate of drug-likeness (QED) is 0.739. The third kappa shape index (κ3) is 5.76. The van der Waals surface area contributed by atoms with Crippen LogP contribution in [0.1, 0.15) is 45.4 Å². The smallest absolute Gasteiger partial charge is 0.243 e. The monoisotopic (exact) mass is 383 g/mol. The van der Waals surface area contributed by atoms with Crippen LogP contribution in [-0.4, -0.2) is 36.8 Å². The molecule has 6 nitrogen and oxygen atoms in total. The first-order chi connectivity index (χ1) is 11.9. The van der Waals surface area contributed by atoms with Gasteiger partial charge in [0, 0.05) is 25.2 Å². The number of anilines is 1. The second kappa shape index (κ2) is 9.26. The fourth-order valence-electron chi connectivity index (χ4n) is 2.65. The van der Waals surface area contributed by atoms with Crippen LogP contribution in [0.5, 0.6) is 0 Å². The van der Waals surface area contributed by atoms with Gasteiger partial charge in [-0.05, 0) is 55.7 Å². The fourth-order valence-corrected chi connectivity index (χ4v) is 4.40. The molecule has 1 aliphatic rings. The van der Waals surface area contributed by atoms with E-state index in [-0.39, 0.29) is 15.9 Å². The molecule has 8 heteroatoms. The molecule has 1 heterocycles. The van der Waals surface area contributed by atoms with Crippen LogP contribution in [0.15, 0.2) is 29.2 Å². The number of hydrogen-bond donors (Lipinski definition) is 2. The van der Waals surface area contributed by atoms with E-state index in [9.17, 15) is 13.2 Å². The van der Waals surface area contributed by atoms with Crippen molar-refractivity contribution in [2.45, 2.75) is 50.3 Å². The Kier molecular flexibility index (Phi) is 7.34. The van der Waals surface area contributed by atoms with E-state index in [2.05, 4.69) is 10.6 Å². The molecule has 0 aromatic heterocycles. The Labute approximate surface area is 155 Å².